The molecule has 3 aromatic rings. The van der Waals surface area contributed by atoms with Gasteiger partial charge in [-0.05, 0) is 51.8 Å². The van der Waals surface area contributed by atoms with Crippen LogP contribution in [0, 0.1) is 5.82 Å². The van der Waals surface area contributed by atoms with Gasteiger partial charge in [-0.2, -0.15) is 0 Å². The number of nitrogens with one attached hydrogen (secondary N) is 1. The summed E-state index contributed by atoms with van der Waals surface area (Å²) in [6.07, 6.45) is 4.30. The van der Waals surface area contributed by atoms with Gasteiger partial charge in [0.2, 0.25) is 5.95 Å². The lowest BCUT2D eigenvalue weighted by Crippen LogP contribution is -2.47. The number of rotatable bonds is 4. The standard InChI is InChI=1S/C23H27ClFN7O2/c1-23(2,3)34-22(33)32-9-7-15(8-10-32)31(4)21-26-12-18-19(30-21)20(28-13-27-18)29-14-5-6-17(25)16(24)11-14/h5-6,11-13,15H,7-10H2,1-4H3,(H,27,28,29). The third kappa shape index (κ3) is 5.44. The number of benzene rings is 1. The van der Waals surface area contributed by atoms with Crippen LogP contribution in [-0.4, -0.2) is 62.7 Å². The summed E-state index contributed by atoms with van der Waals surface area (Å²) in [4.78, 5) is 33.8. The molecule has 4 rings (SSSR count). The van der Waals surface area contributed by atoms with Gasteiger partial charge >= 0.3 is 6.09 Å². The molecule has 9 nitrogen and oxygen atoms in total. The minimum absolute atomic E-state index is 0.0103. The number of aromatic nitrogens is 4. The Morgan fingerprint density at radius 2 is 1.97 bits per heavy atom. The number of fused-ring (bicyclic) bond motifs is 1. The minimum atomic E-state index is -0.517. The first-order chi connectivity index (χ1) is 16.1. The maximum Gasteiger partial charge on any atom is 0.410 e. The predicted molar refractivity (Wildman–Crippen MR) is 129 cm³/mol. The summed E-state index contributed by atoms with van der Waals surface area (Å²) in [5.74, 6) is 0.492. The zero-order valence-corrected chi connectivity index (χ0v) is 20.3. The van der Waals surface area contributed by atoms with Gasteiger partial charge in [0.05, 0.1) is 11.2 Å². The number of likely N-dealkylation sites (tertiary alicyclic amines) is 1. The fourth-order valence-electron chi connectivity index (χ4n) is 3.74. The van der Waals surface area contributed by atoms with E-state index in [2.05, 4.69) is 20.3 Å². The molecule has 180 valence electrons. The monoisotopic (exact) mass is 487 g/mol. The molecular formula is C23H27ClFN7O2. The van der Waals surface area contributed by atoms with Crippen molar-refractivity contribution >= 4 is 46.2 Å². The first-order valence-corrected chi connectivity index (χ1v) is 11.4. The Kier molecular flexibility index (Phi) is 6.70. The van der Waals surface area contributed by atoms with Gasteiger partial charge in [-0.15, -0.1) is 0 Å². The molecule has 1 aromatic carbocycles. The zero-order valence-electron chi connectivity index (χ0n) is 19.5. The highest BCUT2D eigenvalue weighted by molar-refractivity contribution is 6.31. The van der Waals surface area contributed by atoms with E-state index in [0.717, 1.165) is 12.8 Å². The molecule has 0 unspecified atom stereocenters. The Bertz CT molecular complexity index is 1200. The van der Waals surface area contributed by atoms with Crippen molar-refractivity contribution in [3.63, 3.8) is 0 Å². The molecule has 3 heterocycles. The smallest absolute Gasteiger partial charge is 0.410 e. The number of hydrogen-bond donors (Lipinski definition) is 1. The van der Waals surface area contributed by atoms with E-state index in [4.69, 9.17) is 21.3 Å². The number of piperidine rings is 1. The van der Waals surface area contributed by atoms with Crippen molar-refractivity contribution in [1.29, 1.82) is 0 Å². The van der Waals surface area contributed by atoms with E-state index in [-0.39, 0.29) is 17.2 Å². The van der Waals surface area contributed by atoms with Gasteiger partial charge in [0.1, 0.15) is 28.8 Å². The van der Waals surface area contributed by atoms with E-state index in [0.29, 0.717) is 41.6 Å². The van der Waals surface area contributed by atoms with Crippen molar-refractivity contribution in [2.75, 3.05) is 30.4 Å². The van der Waals surface area contributed by atoms with Crippen LogP contribution in [0.15, 0.2) is 30.7 Å². The van der Waals surface area contributed by atoms with Gasteiger partial charge in [0, 0.05) is 31.9 Å². The average Bonchev–Trinajstić information content (AvgIpc) is 2.80. The predicted octanol–water partition coefficient (Wildman–Crippen LogP) is 4.79. The maximum atomic E-state index is 13.5. The Morgan fingerprint density at radius 3 is 2.65 bits per heavy atom. The van der Waals surface area contributed by atoms with Gasteiger partial charge in [0.25, 0.3) is 0 Å². The van der Waals surface area contributed by atoms with Crippen LogP contribution in [0.3, 0.4) is 0 Å². The highest BCUT2D eigenvalue weighted by Gasteiger charge is 2.29. The van der Waals surface area contributed by atoms with E-state index in [1.807, 2.05) is 32.7 Å². The van der Waals surface area contributed by atoms with Crippen molar-refractivity contribution in [3.8, 4) is 0 Å². The molecule has 1 saturated heterocycles. The molecule has 0 aliphatic carbocycles. The van der Waals surface area contributed by atoms with Crippen molar-refractivity contribution < 1.29 is 13.9 Å². The largest absolute Gasteiger partial charge is 0.444 e. The first kappa shape index (κ1) is 23.9. The fourth-order valence-corrected chi connectivity index (χ4v) is 3.92. The topological polar surface area (TPSA) is 96.4 Å². The van der Waals surface area contributed by atoms with Crippen LogP contribution in [0.25, 0.3) is 11.0 Å². The van der Waals surface area contributed by atoms with Crippen LogP contribution < -0.4 is 10.2 Å². The fraction of sp³-hybridized carbons (Fsp3) is 0.435. The summed E-state index contributed by atoms with van der Waals surface area (Å²) in [6.45, 7) is 6.78. The van der Waals surface area contributed by atoms with Crippen molar-refractivity contribution in [1.82, 2.24) is 24.8 Å². The van der Waals surface area contributed by atoms with E-state index in [9.17, 15) is 9.18 Å². The average molecular weight is 488 g/mol. The molecule has 0 atom stereocenters. The number of hydrogen-bond acceptors (Lipinski definition) is 8. The zero-order chi connectivity index (χ0) is 24.5. The number of nitrogens with zero attached hydrogens (tertiary/aromatic N) is 6. The highest BCUT2D eigenvalue weighted by Crippen LogP contribution is 2.27. The minimum Gasteiger partial charge on any atom is -0.444 e. The maximum absolute atomic E-state index is 13.5. The third-order valence-electron chi connectivity index (χ3n) is 5.53. The highest BCUT2D eigenvalue weighted by atomic mass is 35.5. The van der Waals surface area contributed by atoms with E-state index >= 15 is 0 Å². The third-order valence-corrected chi connectivity index (χ3v) is 5.82. The lowest BCUT2D eigenvalue weighted by atomic mass is 10.0. The van der Waals surface area contributed by atoms with E-state index < -0.39 is 11.4 Å². The normalized spacial score (nSPS) is 14.8. The van der Waals surface area contributed by atoms with Crippen molar-refractivity contribution in [2.24, 2.45) is 0 Å². The van der Waals surface area contributed by atoms with E-state index in [1.54, 1.807) is 17.2 Å². The molecule has 2 aromatic heterocycles. The second kappa shape index (κ2) is 9.54. The molecular weight excluding hydrogens is 461 g/mol. The number of amides is 1. The van der Waals surface area contributed by atoms with Gasteiger partial charge in [-0.1, -0.05) is 11.6 Å². The lowest BCUT2D eigenvalue weighted by Gasteiger charge is -2.37. The molecule has 0 spiro atoms. The van der Waals surface area contributed by atoms with Gasteiger partial charge in [-0.25, -0.2) is 29.1 Å². The van der Waals surface area contributed by atoms with Gasteiger partial charge in [-0.3, -0.25) is 0 Å². The van der Waals surface area contributed by atoms with Crippen molar-refractivity contribution in [2.45, 2.75) is 45.3 Å². The van der Waals surface area contributed by atoms with Crippen LogP contribution in [0.5, 0.6) is 0 Å². The van der Waals surface area contributed by atoms with Crippen molar-refractivity contribution in [3.05, 3.63) is 41.6 Å². The molecule has 1 aliphatic heterocycles. The quantitative estimate of drug-likeness (QED) is 0.561. The molecule has 34 heavy (non-hydrogen) atoms. The molecule has 1 fully saturated rings. The molecule has 0 bridgehead atoms. The Balaban J connectivity index is 1.49. The number of anilines is 3. The van der Waals surface area contributed by atoms with Crippen LogP contribution >= 0.6 is 11.6 Å². The molecule has 1 aliphatic rings. The molecule has 1 amide bonds. The van der Waals surface area contributed by atoms with E-state index in [1.165, 1.54) is 18.5 Å². The molecule has 0 radical (unpaired) electrons. The number of ether oxygens (including phenoxy) is 1. The number of carbonyl (C=O) groups excluding carboxylic acids is 1. The summed E-state index contributed by atoms with van der Waals surface area (Å²) in [6, 6.07) is 4.50. The molecule has 0 saturated carbocycles. The first-order valence-electron chi connectivity index (χ1n) is 11.0. The Morgan fingerprint density at radius 1 is 1.24 bits per heavy atom. The van der Waals surface area contributed by atoms with Gasteiger partial charge < -0.3 is 19.9 Å². The van der Waals surface area contributed by atoms with Gasteiger partial charge in [0.15, 0.2) is 5.82 Å². The van der Waals surface area contributed by atoms with Crippen LogP contribution in [-0.2, 0) is 4.74 Å². The number of carbonyl (C=O) groups is 1. The Hall–Kier alpha value is -3.27. The van der Waals surface area contributed by atoms with Crippen LogP contribution in [0.2, 0.25) is 5.02 Å². The second-order valence-electron chi connectivity index (χ2n) is 9.19. The summed E-state index contributed by atoms with van der Waals surface area (Å²) < 4.78 is 19.0. The lowest BCUT2D eigenvalue weighted by molar-refractivity contribution is 0.0205. The SMILES string of the molecule is CN(c1ncc2ncnc(Nc3ccc(F)c(Cl)c3)c2n1)C1CCN(C(=O)OC(C)(C)C)CC1. The Labute approximate surface area is 202 Å². The molecule has 1 N–H and O–H groups in total. The van der Waals surface area contributed by atoms with Crippen LogP contribution in [0.4, 0.5) is 26.6 Å². The summed E-state index contributed by atoms with van der Waals surface area (Å²) >= 11 is 5.90. The summed E-state index contributed by atoms with van der Waals surface area (Å²) in [5.41, 5.74) is 1.17. The molecule has 11 heteroatoms. The van der Waals surface area contributed by atoms with Crippen LogP contribution in [0.1, 0.15) is 33.6 Å². The summed E-state index contributed by atoms with van der Waals surface area (Å²) in [7, 11) is 1.94. The summed E-state index contributed by atoms with van der Waals surface area (Å²) in [5, 5.41) is 3.14. The second-order valence-corrected chi connectivity index (χ2v) is 9.60. The number of halogens is 2.